The van der Waals surface area contributed by atoms with Crippen molar-refractivity contribution in [3.05, 3.63) is 45.1 Å². The molecule has 0 aromatic carbocycles. The Hall–Kier alpha value is -2.44. The Morgan fingerprint density at radius 1 is 1.29 bits per heavy atom. The van der Waals surface area contributed by atoms with Crippen LogP contribution in [0.25, 0.3) is 0 Å². The first kappa shape index (κ1) is 16.4. The minimum atomic E-state index is -0.621. The van der Waals surface area contributed by atoms with Crippen LogP contribution in [0, 0.1) is 13.8 Å². The van der Waals surface area contributed by atoms with Gasteiger partial charge in [0, 0.05) is 18.3 Å². The zero-order valence-electron chi connectivity index (χ0n) is 14.4. The molecule has 128 valence electrons. The lowest BCUT2D eigenvalue weighted by Crippen LogP contribution is -2.38. The molecule has 1 unspecified atom stereocenters. The van der Waals surface area contributed by atoms with Gasteiger partial charge in [-0.25, -0.2) is 4.68 Å². The minimum Gasteiger partial charge on any atom is -0.352 e. The number of aryl methyl sites for hydroxylation is 4. The molecule has 3 rings (SSSR count). The summed E-state index contributed by atoms with van der Waals surface area (Å²) in [4.78, 5) is 24.5. The Morgan fingerprint density at radius 3 is 2.79 bits per heavy atom. The van der Waals surface area contributed by atoms with Gasteiger partial charge in [-0.1, -0.05) is 0 Å². The summed E-state index contributed by atoms with van der Waals surface area (Å²) in [6.07, 6.45) is 2.80. The van der Waals surface area contributed by atoms with Gasteiger partial charge in [-0.3, -0.25) is 14.3 Å². The van der Waals surface area contributed by atoms with Crippen molar-refractivity contribution in [2.75, 3.05) is 6.54 Å². The van der Waals surface area contributed by atoms with E-state index in [1.54, 1.807) is 13.0 Å². The first-order valence-corrected chi connectivity index (χ1v) is 8.36. The molecule has 2 aromatic rings. The van der Waals surface area contributed by atoms with E-state index >= 15 is 0 Å². The largest absolute Gasteiger partial charge is 0.352 e. The molecule has 1 aliphatic carbocycles. The van der Waals surface area contributed by atoms with Crippen molar-refractivity contribution in [3.63, 3.8) is 0 Å². The second kappa shape index (κ2) is 6.59. The average Bonchev–Trinajstić information content (AvgIpc) is 3.11. The molecule has 1 N–H and O–H groups in total. The van der Waals surface area contributed by atoms with Crippen LogP contribution < -0.4 is 10.9 Å². The third-order valence-corrected chi connectivity index (χ3v) is 4.45. The molecule has 1 atom stereocenters. The molecule has 1 aliphatic rings. The van der Waals surface area contributed by atoms with Crippen molar-refractivity contribution >= 4 is 5.91 Å². The van der Waals surface area contributed by atoms with Crippen molar-refractivity contribution in [1.82, 2.24) is 24.9 Å². The van der Waals surface area contributed by atoms with Gasteiger partial charge in [0.15, 0.2) is 0 Å². The van der Waals surface area contributed by atoms with Crippen molar-refractivity contribution in [2.24, 2.45) is 0 Å². The van der Waals surface area contributed by atoms with E-state index < -0.39 is 6.04 Å². The summed E-state index contributed by atoms with van der Waals surface area (Å²) in [6.45, 7) is 6.69. The molecule has 7 heteroatoms. The van der Waals surface area contributed by atoms with Gasteiger partial charge in [0.05, 0.1) is 17.9 Å². The van der Waals surface area contributed by atoms with Gasteiger partial charge < -0.3 is 5.32 Å². The Labute approximate surface area is 140 Å². The number of aromatic nitrogens is 4. The van der Waals surface area contributed by atoms with E-state index in [9.17, 15) is 9.59 Å². The first-order chi connectivity index (χ1) is 11.5. The van der Waals surface area contributed by atoms with Crippen LogP contribution in [0.3, 0.4) is 0 Å². The number of carbonyl (C=O) groups is 1. The fraction of sp³-hybridized carbons (Fsp3) is 0.529. The second-order valence-electron chi connectivity index (χ2n) is 6.37. The van der Waals surface area contributed by atoms with Crippen LogP contribution >= 0.6 is 0 Å². The fourth-order valence-electron chi connectivity index (χ4n) is 3.14. The summed E-state index contributed by atoms with van der Waals surface area (Å²) >= 11 is 0. The topological polar surface area (TPSA) is 81.8 Å². The van der Waals surface area contributed by atoms with E-state index in [0.717, 1.165) is 41.9 Å². The normalized spacial score (nSPS) is 14.5. The van der Waals surface area contributed by atoms with Crippen molar-refractivity contribution < 1.29 is 4.79 Å². The number of carbonyl (C=O) groups excluding carboxylic acids is 1. The van der Waals surface area contributed by atoms with Gasteiger partial charge >= 0.3 is 0 Å². The summed E-state index contributed by atoms with van der Waals surface area (Å²) in [7, 11) is 0. The summed E-state index contributed by atoms with van der Waals surface area (Å²) in [6, 6.07) is 3.00. The number of rotatable bonds is 5. The molecule has 7 nitrogen and oxygen atoms in total. The predicted molar refractivity (Wildman–Crippen MR) is 89.9 cm³/mol. The van der Waals surface area contributed by atoms with Crippen LogP contribution in [0.15, 0.2) is 16.9 Å². The fourth-order valence-corrected chi connectivity index (χ4v) is 3.14. The zero-order chi connectivity index (χ0) is 17.3. The molecule has 24 heavy (non-hydrogen) atoms. The van der Waals surface area contributed by atoms with E-state index in [1.165, 1.54) is 4.68 Å². The highest BCUT2D eigenvalue weighted by Crippen LogP contribution is 2.17. The van der Waals surface area contributed by atoms with Crippen LogP contribution in [0.5, 0.6) is 0 Å². The molecule has 0 saturated carbocycles. The molecule has 1 amide bonds. The number of nitrogens with zero attached hydrogens (tertiary/aromatic N) is 4. The summed E-state index contributed by atoms with van der Waals surface area (Å²) < 4.78 is 3.16. The number of fused-ring (bicyclic) bond motifs is 1. The van der Waals surface area contributed by atoms with E-state index in [-0.39, 0.29) is 11.5 Å². The van der Waals surface area contributed by atoms with Gasteiger partial charge in [0.2, 0.25) is 5.91 Å². The second-order valence-corrected chi connectivity index (χ2v) is 6.37. The Morgan fingerprint density at radius 2 is 2.08 bits per heavy atom. The highest BCUT2D eigenvalue weighted by Gasteiger charge is 2.21. The molecule has 0 saturated heterocycles. The van der Waals surface area contributed by atoms with Crippen LogP contribution in [-0.2, 0) is 24.2 Å². The molecule has 2 aromatic heterocycles. The van der Waals surface area contributed by atoms with Crippen LogP contribution in [-0.4, -0.2) is 32.0 Å². The maximum atomic E-state index is 12.3. The maximum absolute atomic E-state index is 12.3. The quantitative estimate of drug-likeness (QED) is 0.884. The van der Waals surface area contributed by atoms with E-state index in [0.29, 0.717) is 13.1 Å². The van der Waals surface area contributed by atoms with E-state index in [1.807, 2.05) is 24.6 Å². The number of nitrogens with one attached hydrogen (secondary N) is 1. The SMILES string of the molecule is Cc1cc(C)n(CCNC(=O)C(C)n2nc3c(cc2=O)CCC3)n1. The smallest absolute Gasteiger partial charge is 0.267 e. The number of hydrogen-bond donors (Lipinski definition) is 1. The highest BCUT2D eigenvalue weighted by atomic mass is 16.2. The minimum absolute atomic E-state index is 0.205. The average molecular weight is 329 g/mol. The van der Waals surface area contributed by atoms with Crippen LogP contribution in [0.1, 0.15) is 42.0 Å². The molecule has 2 heterocycles. The Kier molecular flexibility index (Phi) is 4.51. The lowest BCUT2D eigenvalue weighted by Gasteiger charge is -2.15. The summed E-state index contributed by atoms with van der Waals surface area (Å²) in [5.41, 5.74) is 3.77. The molecular formula is C17H23N5O2. The van der Waals surface area contributed by atoms with E-state index in [2.05, 4.69) is 15.5 Å². The monoisotopic (exact) mass is 329 g/mol. The van der Waals surface area contributed by atoms with E-state index in [4.69, 9.17) is 0 Å². The molecule has 0 radical (unpaired) electrons. The Bertz CT molecular complexity index is 821. The lowest BCUT2D eigenvalue weighted by molar-refractivity contribution is -0.124. The standard InChI is InChI=1S/C17H23N5O2/c1-11-9-12(2)21(19-11)8-7-18-17(24)13(3)22-16(23)10-14-5-4-6-15(14)20-22/h9-10,13H,4-8H2,1-3H3,(H,18,24). The van der Waals surface area contributed by atoms with Crippen LogP contribution in [0.2, 0.25) is 0 Å². The third-order valence-electron chi connectivity index (χ3n) is 4.45. The van der Waals surface area contributed by atoms with Gasteiger partial charge in [0.25, 0.3) is 5.56 Å². The van der Waals surface area contributed by atoms with Crippen molar-refractivity contribution in [3.8, 4) is 0 Å². The number of amides is 1. The zero-order valence-corrected chi connectivity index (χ0v) is 14.4. The maximum Gasteiger partial charge on any atom is 0.267 e. The first-order valence-electron chi connectivity index (χ1n) is 8.36. The van der Waals surface area contributed by atoms with Gasteiger partial charge in [-0.05, 0) is 51.7 Å². The molecule has 0 fully saturated rings. The summed E-state index contributed by atoms with van der Waals surface area (Å²) in [5, 5.41) is 11.6. The molecular weight excluding hydrogens is 306 g/mol. The lowest BCUT2D eigenvalue weighted by atomic mass is 10.2. The van der Waals surface area contributed by atoms with Gasteiger partial charge in [0.1, 0.15) is 6.04 Å². The highest BCUT2D eigenvalue weighted by molar-refractivity contribution is 5.79. The molecule has 0 bridgehead atoms. The summed E-state index contributed by atoms with van der Waals surface area (Å²) in [5.74, 6) is -0.205. The number of hydrogen-bond acceptors (Lipinski definition) is 4. The van der Waals surface area contributed by atoms with Crippen LogP contribution in [0.4, 0.5) is 0 Å². The molecule has 0 spiro atoms. The Balaban J connectivity index is 1.63. The third kappa shape index (κ3) is 3.25. The van der Waals surface area contributed by atoms with Gasteiger partial charge in [-0.15, -0.1) is 0 Å². The van der Waals surface area contributed by atoms with Crippen molar-refractivity contribution in [2.45, 2.75) is 52.6 Å². The predicted octanol–water partition coefficient (Wildman–Crippen LogP) is 0.923. The van der Waals surface area contributed by atoms with Gasteiger partial charge in [-0.2, -0.15) is 10.2 Å². The molecule has 0 aliphatic heterocycles. The van der Waals surface area contributed by atoms with Crippen molar-refractivity contribution in [1.29, 1.82) is 0 Å².